The molecule has 0 aliphatic carbocycles. The number of nitrogens with zero attached hydrogens (tertiary/aromatic N) is 1. The molecule has 3 nitrogen and oxygen atoms in total. The van der Waals surface area contributed by atoms with Crippen molar-refractivity contribution in [3.8, 4) is 0 Å². The number of anilines is 1. The average molecular weight is 272 g/mol. The number of aliphatic hydroxyl groups excluding tert-OH is 2. The first-order valence-corrected chi connectivity index (χ1v) is 6.73. The molecular weight excluding hydrogens is 250 g/mol. The van der Waals surface area contributed by atoms with E-state index in [1.807, 2.05) is 25.2 Å². The largest absolute Gasteiger partial charge is 0.396 e. The molecule has 1 atom stereocenters. The fourth-order valence-electron chi connectivity index (χ4n) is 1.85. The molecule has 18 heavy (non-hydrogen) atoms. The maximum absolute atomic E-state index is 9.48. The smallest absolute Gasteiger partial charge is 0.0762 e. The van der Waals surface area contributed by atoms with Crippen molar-refractivity contribution in [2.75, 3.05) is 25.1 Å². The molecule has 0 fully saturated rings. The normalized spacial score (nSPS) is 12.5. The van der Waals surface area contributed by atoms with Crippen LogP contribution in [0, 0.1) is 0 Å². The van der Waals surface area contributed by atoms with E-state index in [0.29, 0.717) is 5.02 Å². The third-order valence-corrected chi connectivity index (χ3v) is 3.32. The molecule has 0 radical (unpaired) electrons. The lowest BCUT2D eigenvalue weighted by Crippen LogP contribution is -2.19. The van der Waals surface area contributed by atoms with Crippen LogP contribution in [0.4, 0.5) is 5.69 Å². The van der Waals surface area contributed by atoms with Crippen molar-refractivity contribution in [2.45, 2.75) is 32.3 Å². The second-order valence-corrected chi connectivity index (χ2v) is 5.00. The first kappa shape index (κ1) is 15.3. The van der Waals surface area contributed by atoms with Gasteiger partial charge in [-0.15, -0.1) is 0 Å². The SMILES string of the molecule is C[C@@H](O)c1ccc(N(C)CCCCCO)c(Cl)c1. The fraction of sp³-hybridized carbons (Fsp3) is 0.571. The molecule has 1 aromatic carbocycles. The van der Waals surface area contributed by atoms with Crippen LogP contribution >= 0.6 is 11.6 Å². The summed E-state index contributed by atoms with van der Waals surface area (Å²) in [7, 11) is 2.00. The minimum Gasteiger partial charge on any atom is -0.396 e. The summed E-state index contributed by atoms with van der Waals surface area (Å²) in [6.45, 7) is 2.89. The fourth-order valence-corrected chi connectivity index (χ4v) is 2.18. The molecule has 0 saturated heterocycles. The molecule has 4 heteroatoms. The maximum atomic E-state index is 9.48. The molecule has 2 N–H and O–H groups in total. The Hall–Kier alpha value is -0.770. The second kappa shape index (κ2) is 7.62. The Kier molecular flexibility index (Phi) is 6.47. The highest BCUT2D eigenvalue weighted by Gasteiger charge is 2.08. The molecule has 0 aromatic heterocycles. The third kappa shape index (κ3) is 4.48. The Bertz CT molecular complexity index is 369. The number of hydrogen-bond donors (Lipinski definition) is 2. The average Bonchev–Trinajstić information content (AvgIpc) is 2.34. The van der Waals surface area contributed by atoms with Gasteiger partial charge in [0.1, 0.15) is 0 Å². The number of aliphatic hydroxyl groups is 2. The molecule has 0 heterocycles. The Labute approximate surface area is 114 Å². The van der Waals surface area contributed by atoms with Gasteiger partial charge in [0.2, 0.25) is 0 Å². The first-order chi connectivity index (χ1) is 8.56. The molecule has 0 unspecified atom stereocenters. The number of rotatable bonds is 7. The predicted octanol–water partition coefficient (Wildman–Crippen LogP) is 2.99. The lowest BCUT2D eigenvalue weighted by molar-refractivity contribution is 0.199. The summed E-state index contributed by atoms with van der Waals surface area (Å²) >= 11 is 6.22. The molecular formula is C14H22ClNO2. The summed E-state index contributed by atoms with van der Waals surface area (Å²) in [6.07, 6.45) is 2.41. The van der Waals surface area contributed by atoms with Crippen molar-refractivity contribution in [3.63, 3.8) is 0 Å². The van der Waals surface area contributed by atoms with Gasteiger partial charge in [-0.3, -0.25) is 0 Å². The molecule has 0 spiro atoms. The molecule has 0 aliphatic rings. The highest BCUT2D eigenvalue weighted by molar-refractivity contribution is 6.33. The summed E-state index contributed by atoms with van der Waals surface area (Å²) in [5.74, 6) is 0. The summed E-state index contributed by atoms with van der Waals surface area (Å²) in [6, 6.07) is 5.65. The number of hydrogen-bond acceptors (Lipinski definition) is 3. The molecule has 1 aromatic rings. The lowest BCUT2D eigenvalue weighted by atomic mass is 10.1. The van der Waals surface area contributed by atoms with Crippen molar-refractivity contribution in [1.29, 1.82) is 0 Å². The van der Waals surface area contributed by atoms with Gasteiger partial charge in [0.15, 0.2) is 0 Å². The van der Waals surface area contributed by atoms with Crippen molar-refractivity contribution < 1.29 is 10.2 Å². The van der Waals surface area contributed by atoms with E-state index in [0.717, 1.165) is 37.1 Å². The number of benzene rings is 1. The Morgan fingerprint density at radius 3 is 2.56 bits per heavy atom. The van der Waals surface area contributed by atoms with E-state index in [1.165, 1.54) is 0 Å². The van der Waals surface area contributed by atoms with Crippen molar-refractivity contribution in [3.05, 3.63) is 28.8 Å². The summed E-state index contributed by atoms with van der Waals surface area (Å²) < 4.78 is 0. The molecule has 0 amide bonds. The van der Waals surface area contributed by atoms with Gasteiger partial charge in [0.05, 0.1) is 16.8 Å². The minimum atomic E-state index is -0.494. The summed E-state index contributed by atoms with van der Waals surface area (Å²) in [5, 5.41) is 18.9. The monoisotopic (exact) mass is 271 g/mol. The van der Waals surface area contributed by atoms with Gasteiger partial charge >= 0.3 is 0 Å². The van der Waals surface area contributed by atoms with Crippen LogP contribution < -0.4 is 4.90 Å². The number of unbranched alkanes of at least 4 members (excludes halogenated alkanes) is 2. The van der Waals surface area contributed by atoms with Crippen molar-refractivity contribution in [1.82, 2.24) is 0 Å². The van der Waals surface area contributed by atoms with E-state index in [2.05, 4.69) is 4.90 Å². The first-order valence-electron chi connectivity index (χ1n) is 6.35. The zero-order chi connectivity index (χ0) is 13.5. The zero-order valence-electron chi connectivity index (χ0n) is 11.1. The van der Waals surface area contributed by atoms with Crippen LogP contribution in [0.2, 0.25) is 5.02 Å². The van der Waals surface area contributed by atoms with Gasteiger partial charge in [-0.05, 0) is 43.9 Å². The van der Waals surface area contributed by atoms with E-state index >= 15 is 0 Å². The zero-order valence-corrected chi connectivity index (χ0v) is 11.8. The van der Waals surface area contributed by atoms with E-state index in [4.69, 9.17) is 16.7 Å². The van der Waals surface area contributed by atoms with Crippen LogP contribution in [-0.2, 0) is 0 Å². The maximum Gasteiger partial charge on any atom is 0.0762 e. The van der Waals surface area contributed by atoms with Gasteiger partial charge in [0, 0.05) is 20.2 Å². The van der Waals surface area contributed by atoms with Gasteiger partial charge in [-0.1, -0.05) is 17.7 Å². The molecule has 0 aliphatic heterocycles. The molecule has 0 bridgehead atoms. The highest BCUT2D eigenvalue weighted by Crippen LogP contribution is 2.28. The lowest BCUT2D eigenvalue weighted by Gasteiger charge is -2.21. The van der Waals surface area contributed by atoms with E-state index in [1.54, 1.807) is 6.92 Å². The quantitative estimate of drug-likeness (QED) is 0.750. The summed E-state index contributed by atoms with van der Waals surface area (Å²) in [4.78, 5) is 2.10. The van der Waals surface area contributed by atoms with Gasteiger partial charge < -0.3 is 15.1 Å². The standard InChI is InChI=1S/C14H22ClNO2/c1-11(18)12-6-7-14(13(15)10-12)16(2)8-4-3-5-9-17/h6-7,10-11,17-18H,3-5,8-9H2,1-2H3/t11-/m1/s1. The topological polar surface area (TPSA) is 43.7 Å². The van der Waals surface area contributed by atoms with E-state index in [9.17, 15) is 5.11 Å². The van der Waals surface area contributed by atoms with Crippen LogP contribution in [-0.4, -0.2) is 30.4 Å². The van der Waals surface area contributed by atoms with Crippen molar-refractivity contribution >= 4 is 17.3 Å². The molecule has 1 rings (SSSR count). The van der Waals surface area contributed by atoms with Crippen LogP contribution in [0.5, 0.6) is 0 Å². The Morgan fingerprint density at radius 2 is 2.00 bits per heavy atom. The van der Waals surface area contributed by atoms with Crippen LogP contribution in [0.25, 0.3) is 0 Å². The molecule has 0 saturated carbocycles. The molecule has 102 valence electrons. The van der Waals surface area contributed by atoms with E-state index in [-0.39, 0.29) is 6.61 Å². The Morgan fingerprint density at radius 1 is 1.28 bits per heavy atom. The van der Waals surface area contributed by atoms with E-state index < -0.39 is 6.10 Å². The van der Waals surface area contributed by atoms with Crippen LogP contribution in [0.15, 0.2) is 18.2 Å². The third-order valence-electron chi connectivity index (χ3n) is 3.02. The Balaban J connectivity index is 2.60. The van der Waals surface area contributed by atoms with Crippen LogP contribution in [0.1, 0.15) is 37.9 Å². The van der Waals surface area contributed by atoms with Gasteiger partial charge in [-0.2, -0.15) is 0 Å². The van der Waals surface area contributed by atoms with Crippen molar-refractivity contribution in [2.24, 2.45) is 0 Å². The van der Waals surface area contributed by atoms with Gasteiger partial charge in [0.25, 0.3) is 0 Å². The van der Waals surface area contributed by atoms with Crippen LogP contribution in [0.3, 0.4) is 0 Å². The predicted molar refractivity (Wildman–Crippen MR) is 76.3 cm³/mol. The highest BCUT2D eigenvalue weighted by atomic mass is 35.5. The second-order valence-electron chi connectivity index (χ2n) is 4.59. The minimum absolute atomic E-state index is 0.257. The summed E-state index contributed by atoms with van der Waals surface area (Å²) in [5.41, 5.74) is 1.81. The van der Waals surface area contributed by atoms with Gasteiger partial charge in [-0.25, -0.2) is 0 Å². The number of halogens is 1.